The molecule has 3 heteroatoms. The van der Waals surface area contributed by atoms with Crippen LogP contribution >= 0.6 is 0 Å². The van der Waals surface area contributed by atoms with Gasteiger partial charge in [0.15, 0.2) is 0 Å². The molecule has 1 aliphatic carbocycles. The molecule has 0 fully saturated rings. The van der Waals surface area contributed by atoms with Gasteiger partial charge in [0.05, 0.1) is 0 Å². The maximum atomic E-state index is 4.24. The Balaban J connectivity index is 1.61. The number of fused-ring (bicyclic) bond motifs is 1. The number of nitrogens with zero attached hydrogens (tertiary/aromatic N) is 1. The second kappa shape index (κ2) is 4.94. The molecule has 3 rings (SSSR count). The molecule has 2 aromatic rings. The minimum atomic E-state index is 0.523. The first-order valence-corrected chi connectivity index (χ1v) is 6.64. The number of aromatic amines is 1. The van der Waals surface area contributed by atoms with Gasteiger partial charge in [-0.3, -0.25) is 0 Å². The lowest BCUT2D eigenvalue weighted by molar-refractivity contribution is 0.530. The van der Waals surface area contributed by atoms with E-state index in [1.54, 1.807) is 0 Å². The lowest BCUT2D eigenvalue weighted by Crippen LogP contribution is -2.22. The van der Waals surface area contributed by atoms with Crippen LogP contribution in [-0.4, -0.2) is 16.5 Å². The molecule has 0 amide bonds. The quantitative estimate of drug-likeness (QED) is 0.863. The largest absolute Gasteiger partial charge is 0.349 e. The molecule has 18 heavy (non-hydrogen) atoms. The van der Waals surface area contributed by atoms with Crippen molar-refractivity contribution in [2.45, 2.75) is 32.2 Å². The summed E-state index contributed by atoms with van der Waals surface area (Å²) in [5, 5.41) is 3.64. The van der Waals surface area contributed by atoms with E-state index in [2.05, 4.69) is 40.4 Å². The predicted molar refractivity (Wildman–Crippen MR) is 72.5 cm³/mol. The Morgan fingerprint density at radius 1 is 1.44 bits per heavy atom. The van der Waals surface area contributed by atoms with Crippen LogP contribution in [-0.2, 0) is 12.8 Å². The van der Waals surface area contributed by atoms with Crippen LogP contribution in [0.3, 0.4) is 0 Å². The Morgan fingerprint density at radius 3 is 3.22 bits per heavy atom. The first kappa shape index (κ1) is 11.5. The lowest BCUT2D eigenvalue weighted by atomic mass is 10.1. The monoisotopic (exact) mass is 241 g/mol. The summed E-state index contributed by atoms with van der Waals surface area (Å²) >= 11 is 0. The molecule has 1 aliphatic rings. The van der Waals surface area contributed by atoms with E-state index in [1.807, 2.05) is 12.4 Å². The van der Waals surface area contributed by atoms with Gasteiger partial charge in [-0.15, -0.1) is 0 Å². The standard InChI is InChI=1S/C15H19N3/c1-11-2-3-12-4-5-14(13(12)10-11)16-7-6-15-17-8-9-18-15/h2-3,8-10,14,16H,4-7H2,1H3,(H,17,18). The molecule has 0 spiro atoms. The molecule has 0 radical (unpaired) electrons. The van der Waals surface area contributed by atoms with Gasteiger partial charge in [-0.05, 0) is 30.9 Å². The van der Waals surface area contributed by atoms with Crippen LogP contribution in [0.4, 0.5) is 0 Å². The minimum Gasteiger partial charge on any atom is -0.349 e. The van der Waals surface area contributed by atoms with Crippen molar-refractivity contribution in [1.29, 1.82) is 0 Å². The summed E-state index contributed by atoms with van der Waals surface area (Å²) in [5.74, 6) is 1.06. The fraction of sp³-hybridized carbons (Fsp3) is 0.400. The summed E-state index contributed by atoms with van der Waals surface area (Å²) in [5.41, 5.74) is 4.36. The van der Waals surface area contributed by atoms with Crippen molar-refractivity contribution < 1.29 is 0 Å². The lowest BCUT2D eigenvalue weighted by Gasteiger charge is -2.14. The van der Waals surface area contributed by atoms with Crippen LogP contribution < -0.4 is 5.32 Å². The number of imidazole rings is 1. The van der Waals surface area contributed by atoms with E-state index in [0.29, 0.717) is 6.04 Å². The summed E-state index contributed by atoms with van der Waals surface area (Å²) in [6, 6.07) is 7.34. The number of H-pyrrole nitrogens is 1. The molecule has 0 bridgehead atoms. The number of nitrogens with one attached hydrogen (secondary N) is 2. The van der Waals surface area contributed by atoms with Crippen molar-refractivity contribution in [3.63, 3.8) is 0 Å². The van der Waals surface area contributed by atoms with Crippen molar-refractivity contribution in [3.8, 4) is 0 Å². The second-order valence-electron chi connectivity index (χ2n) is 5.03. The highest BCUT2D eigenvalue weighted by atomic mass is 14.9. The van der Waals surface area contributed by atoms with E-state index < -0.39 is 0 Å². The molecule has 3 nitrogen and oxygen atoms in total. The summed E-state index contributed by atoms with van der Waals surface area (Å²) < 4.78 is 0. The second-order valence-corrected chi connectivity index (χ2v) is 5.03. The zero-order valence-electron chi connectivity index (χ0n) is 10.7. The Hall–Kier alpha value is -1.61. The summed E-state index contributed by atoms with van der Waals surface area (Å²) in [7, 11) is 0. The molecule has 1 heterocycles. The Labute approximate surface area is 108 Å². The van der Waals surface area contributed by atoms with Crippen LogP contribution in [0.1, 0.15) is 35.0 Å². The van der Waals surface area contributed by atoms with Crippen molar-refractivity contribution in [1.82, 2.24) is 15.3 Å². The van der Waals surface area contributed by atoms with Gasteiger partial charge >= 0.3 is 0 Å². The molecular weight excluding hydrogens is 222 g/mol. The van der Waals surface area contributed by atoms with Crippen LogP contribution in [0.5, 0.6) is 0 Å². The van der Waals surface area contributed by atoms with Gasteiger partial charge in [-0.1, -0.05) is 23.8 Å². The number of aromatic nitrogens is 2. The van der Waals surface area contributed by atoms with E-state index in [9.17, 15) is 0 Å². The highest BCUT2D eigenvalue weighted by molar-refractivity contribution is 5.37. The van der Waals surface area contributed by atoms with E-state index in [0.717, 1.165) is 18.8 Å². The van der Waals surface area contributed by atoms with E-state index in [4.69, 9.17) is 0 Å². The molecule has 0 aliphatic heterocycles. The summed E-state index contributed by atoms with van der Waals surface area (Å²) in [6.07, 6.45) is 7.07. The van der Waals surface area contributed by atoms with Gasteiger partial charge in [0.1, 0.15) is 5.82 Å². The molecule has 94 valence electrons. The SMILES string of the molecule is Cc1ccc2c(c1)C(NCCc1ncc[nH]1)CC2. The number of benzene rings is 1. The maximum absolute atomic E-state index is 4.24. The zero-order chi connectivity index (χ0) is 12.4. The van der Waals surface area contributed by atoms with Crippen LogP contribution in [0.2, 0.25) is 0 Å². The summed E-state index contributed by atoms with van der Waals surface area (Å²) in [4.78, 5) is 7.38. The molecule has 1 aromatic carbocycles. The maximum Gasteiger partial charge on any atom is 0.107 e. The normalized spacial score (nSPS) is 17.9. The summed E-state index contributed by atoms with van der Waals surface area (Å²) in [6.45, 7) is 3.14. The van der Waals surface area contributed by atoms with Gasteiger partial charge in [0.2, 0.25) is 0 Å². The van der Waals surface area contributed by atoms with Crippen molar-refractivity contribution in [2.75, 3.05) is 6.54 Å². The smallest absolute Gasteiger partial charge is 0.107 e. The highest BCUT2D eigenvalue weighted by Gasteiger charge is 2.21. The van der Waals surface area contributed by atoms with Crippen molar-refractivity contribution in [2.24, 2.45) is 0 Å². The van der Waals surface area contributed by atoms with Crippen molar-refractivity contribution >= 4 is 0 Å². The first-order chi connectivity index (χ1) is 8.83. The average molecular weight is 241 g/mol. The van der Waals surface area contributed by atoms with Crippen LogP contribution in [0.25, 0.3) is 0 Å². The molecule has 0 saturated heterocycles. The van der Waals surface area contributed by atoms with Crippen molar-refractivity contribution in [3.05, 3.63) is 53.1 Å². The van der Waals surface area contributed by atoms with E-state index >= 15 is 0 Å². The van der Waals surface area contributed by atoms with Crippen LogP contribution in [0.15, 0.2) is 30.6 Å². The van der Waals surface area contributed by atoms with Crippen LogP contribution in [0, 0.1) is 6.92 Å². The molecule has 1 unspecified atom stereocenters. The zero-order valence-corrected chi connectivity index (χ0v) is 10.7. The van der Waals surface area contributed by atoms with E-state index in [-0.39, 0.29) is 0 Å². The number of hydrogen-bond donors (Lipinski definition) is 2. The third-order valence-corrected chi connectivity index (χ3v) is 3.69. The van der Waals surface area contributed by atoms with E-state index in [1.165, 1.54) is 29.5 Å². The molecular formula is C15H19N3. The number of hydrogen-bond acceptors (Lipinski definition) is 2. The van der Waals surface area contributed by atoms with Gasteiger partial charge in [0, 0.05) is 31.4 Å². The Kier molecular flexibility index (Phi) is 3.15. The van der Waals surface area contributed by atoms with Gasteiger partial charge in [-0.25, -0.2) is 4.98 Å². The Bertz CT molecular complexity index is 517. The average Bonchev–Trinajstić information content (AvgIpc) is 2.99. The van der Waals surface area contributed by atoms with Gasteiger partial charge in [-0.2, -0.15) is 0 Å². The fourth-order valence-electron chi connectivity index (χ4n) is 2.73. The fourth-order valence-corrected chi connectivity index (χ4v) is 2.73. The van der Waals surface area contributed by atoms with Gasteiger partial charge < -0.3 is 10.3 Å². The molecule has 0 saturated carbocycles. The topological polar surface area (TPSA) is 40.7 Å². The number of aryl methyl sites for hydroxylation is 2. The predicted octanol–water partition coefficient (Wildman–Crippen LogP) is 2.54. The molecule has 2 N–H and O–H groups in total. The molecule has 1 aromatic heterocycles. The third kappa shape index (κ3) is 2.31. The Morgan fingerprint density at radius 2 is 2.39 bits per heavy atom. The first-order valence-electron chi connectivity index (χ1n) is 6.64. The van der Waals surface area contributed by atoms with Gasteiger partial charge in [0.25, 0.3) is 0 Å². The molecule has 1 atom stereocenters. The minimum absolute atomic E-state index is 0.523. The number of rotatable bonds is 4. The third-order valence-electron chi connectivity index (χ3n) is 3.69. The highest BCUT2D eigenvalue weighted by Crippen LogP contribution is 2.31.